The molecule has 0 radical (unpaired) electrons. The predicted molar refractivity (Wildman–Crippen MR) is 273 cm³/mol. The largest absolute Gasteiger partial charge is 0.488 e. The molecule has 0 aliphatic carbocycles. The number of ether oxygens (including phenoxy) is 6. The molecule has 66 heavy (non-hydrogen) atoms. The fourth-order valence-corrected chi connectivity index (χ4v) is 5.82. The summed E-state index contributed by atoms with van der Waals surface area (Å²) in [6.45, 7) is 52.7. The van der Waals surface area contributed by atoms with Gasteiger partial charge in [0.05, 0.1) is 5.56 Å². The molecule has 0 heterocycles. The number of ketones is 3. The highest BCUT2D eigenvalue weighted by atomic mass is 16.5. The molecular formula is C57H90O9. The molecule has 0 amide bonds. The lowest BCUT2D eigenvalue weighted by Crippen LogP contribution is -2.29. The number of hydrogen-bond acceptors (Lipinski definition) is 9. The minimum Gasteiger partial charge on any atom is -0.488 e. The Labute approximate surface area is 401 Å². The monoisotopic (exact) mass is 919 g/mol. The third kappa shape index (κ3) is 22.3. The van der Waals surface area contributed by atoms with Crippen molar-refractivity contribution in [2.75, 3.05) is 0 Å². The summed E-state index contributed by atoms with van der Waals surface area (Å²) in [6, 6.07) is 16.5. The van der Waals surface area contributed by atoms with Crippen LogP contribution in [0.15, 0.2) is 54.6 Å². The van der Waals surface area contributed by atoms with Gasteiger partial charge in [-0.15, -0.1) is 0 Å². The molecule has 0 spiro atoms. The van der Waals surface area contributed by atoms with Crippen molar-refractivity contribution in [3.05, 3.63) is 71.3 Å². The Morgan fingerprint density at radius 3 is 0.955 bits per heavy atom. The van der Waals surface area contributed by atoms with Crippen LogP contribution in [-0.4, -0.2) is 51.0 Å². The van der Waals surface area contributed by atoms with Gasteiger partial charge in [-0.25, -0.2) is 0 Å². The lowest BCUT2D eigenvalue weighted by atomic mass is 9.85. The normalized spacial score (nSPS) is 13.0. The Hall–Kier alpha value is -4.53. The fraction of sp³-hybridized carbons (Fsp3) is 0.632. The zero-order valence-electron chi connectivity index (χ0n) is 46.4. The van der Waals surface area contributed by atoms with Gasteiger partial charge in [0.1, 0.15) is 62.2 Å². The van der Waals surface area contributed by atoms with Crippen LogP contribution in [0.25, 0.3) is 0 Å². The summed E-state index contributed by atoms with van der Waals surface area (Å²) >= 11 is 0. The number of rotatable bonds is 9. The van der Waals surface area contributed by atoms with Crippen LogP contribution in [0.3, 0.4) is 0 Å². The number of carbonyl (C=O) groups is 3. The first kappa shape index (κ1) is 59.5. The lowest BCUT2D eigenvalue weighted by Gasteiger charge is -2.29. The maximum atomic E-state index is 12.9. The molecule has 9 heteroatoms. The summed E-state index contributed by atoms with van der Waals surface area (Å²) in [4.78, 5) is 38.3. The van der Waals surface area contributed by atoms with Crippen LogP contribution in [0.5, 0.6) is 34.5 Å². The first-order valence-electron chi connectivity index (χ1n) is 23.3. The van der Waals surface area contributed by atoms with E-state index in [1.54, 1.807) is 12.1 Å². The molecule has 0 fully saturated rings. The van der Waals surface area contributed by atoms with Crippen molar-refractivity contribution in [1.82, 2.24) is 0 Å². The lowest BCUT2D eigenvalue weighted by molar-refractivity contribution is 0.0801. The van der Waals surface area contributed by atoms with Crippen molar-refractivity contribution < 1.29 is 42.8 Å². The highest BCUT2D eigenvalue weighted by Crippen LogP contribution is 2.40. The van der Waals surface area contributed by atoms with E-state index in [0.29, 0.717) is 51.2 Å². The first-order valence-corrected chi connectivity index (χ1v) is 23.3. The maximum absolute atomic E-state index is 12.9. The Morgan fingerprint density at radius 1 is 0.333 bits per heavy atom. The molecule has 0 aromatic heterocycles. The van der Waals surface area contributed by atoms with Crippen LogP contribution in [0.2, 0.25) is 0 Å². The van der Waals surface area contributed by atoms with Crippen LogP contribution in [0.1, 0.15) is 218 Å². The molecular weight excluding hydrogens is 829 g/mol. The Bertz CT molecular complexity index is 2030. The van der Waals surface area contributed by atoms with E-state index >= 15 is 0 Å². The minimum absolute atomic E-state index is 0.0200. The van der Waals surface area contributed by atoms with Crippen molar-refractivity contribution in [2.24, 2.45) is 16.2 Å². The van der Waals surface area contributed by atoms with E-state index in [4.69, 9.17) is 28.4 Å². The second kappa shape index (κ2) is 21.2. The standard InChI is InChI=1S/3C19H30O3/c1-17(2,3)16(20)13-10-14(21-18(4,5)6)12-15(11-13)22-19(7,8)9;1-17(2,3)16(20)15-13(21-18(4,5)6)11-10-12-14(15)22-19(7,8)9;1-17(2,3)16(20)13-11-10-12-14(21-18(4,5)6)15(13)22-19(7,8)9/h3*10-12H,1-9H3. The van der Waals surface area contributed by atoms with Crippen LogP contribution >= 0.6 is 0 Å². The molecule has 0 saturated carbocycles. The Morgan fingerprint density at radius 2 is 0.636 bits per heavy atom. The first-order chi connectivity index (χ1) is 29.1. The highest BCUT2D eigenvalue weighted by Gasteiger charge is 2.33. The molecule has 0 saturated heterocycles. The quantitative estimate of drug-likeness (QED) is 0.194. The summed E-state index contributed by atoms with van der Waals surface area (Å²) < 4.78 is 35.9. The number of hydrogen-bond donors (Lipinski definition) is 0. The van der Waals surface area contributed by atoms with Crippen LogP contribution < -0.4 is 28.4 Å². The van der Waals surface area contributed by atoms with Crippen LogP contribution in [0.4, 0.5) is 0 Å². The average Bonchev–Trinajstić information content (AvgIpc) is 3.03. The molecule has 0 bridgehead atoms. The Balaban J connectivity index is 0.000000495. The summed E-state index contributed by atoms with van der Waals surface area (Å²) in [5.74, 6) is 3.75. The second-order valence-electron chi connectivity index (χ2n) is 26.0. The van der Waals surface area contributed by atoms with Crippen LogP contribution in [0, 0.1) is 16.2 Å². The number of Topliss-reactive ketones (excluding diaryl/α,β-unsaturated/α-hetero) is 3. The van der Waals surface area contributed by atoms with Gasteiger partial charge in [0, 0.05) is 27.9 Å². The molecule has 3 rings (SSSR count). The average molecular weight is 919 g/mol. The van der Waals surface area contributed by atoms with Gasteiger partial charge in [-0.1, -0.05) is 74.4 Å². The molecule has 0 unspecified atom stereocenters. The van der Waals surface area contributed by atoms with Crippen molar-refractivity contribution in [3.8, 4) is 34.5 Å². The molecule has 0 aliphatic rings. The third-order valence-corrected chi connectivity index (χ3v) is 8.13. The topological polar surface area (TPSA) is 107 Å². The summed E-state index contributed by atoms with van der Waals surface area (Å²) in [6.07, 6.45) is 0. The van der Waals surface area contributed by atoms with Gasteiger partial charge in [-0.3, -0.25) is 14.4 Å². The SMILES string of the molecule is CC(C)(C)Oc1cc(OC(C)(C)C)cc(C(=O)C(C)(C)C)c1.CC(C)(C)Oc1cccc(C(=O)C(C)(C)C)c1OC(C)(C)C.CC(C)(C)Oc1cccc(OC(C)(C)C)c1C(=O)C(C)(C)C. The van der Waals surface area contributed by atoms with E-state index in [1.807, 2.05) is 229 Å². The molecule has 3 aromatic rings. The smallest absolute Gasteiger partial charge is 0.175 e. The van der Waals surface area contributed by atoms with Crippen LogP contribution in [-0.2, 0) is 0 Å². The summed E-state index contributed by atoms with van der Waals surface area (Å²) in [5, 5.41) is 0. The van der Waals surface area contributed by atoms with Gasteiger partial charge in [-0.2, -0.15) is 0 Å². The fourth-order valence-electron chi connectivity index (χ4n) is 5.82. The minimum atomic E-state index is -0.507. The molecule has 0 aliphatic heterocycles. The van der Waals surface area contributed by atoms with E-state index in [2.05, 4.69) is 0 Å². The van der Waals surface area contributed by atoms with Crippen molar-refractivity contribution >= 4 is 17.3 Å². The van der Waals surface area contributed by atoms with Gasteiger partial charge in [0.25, 0.3) is 0 Å². The number of carbonyl (C=O) groups excluding carboxylic acids is 3. The zero-order chi connectivity index (χ0) is 52.0. The van der Waals surface area contributed by atoms with E-state index < -0.39 is 21.8 Å². The van der Waals surface area contributed by atoms with Crippen molar-refractivity contribution in [3.63, 3.8) is 0 Å². The molecule has 0 atom stereocenters. The van der Waals surface area contributed by atoms with Gasteiger partial charge < -0.3 is 28.4 Å². The number of para-hydroxylation sites is 1. The molecule has 372 valence electrons. The molecule has 3 aromatic carbocycles. The van der Waals surface area contributed by atoms with Crippen molar-refractivity contribution in [2.45, 2.75) is 221 Å². The third-order valence-electron chi connectivity index (χ3n) is 8.13. The summed E-state index contributed by atoms with van der Waals surface area (Å²) in [5.41, 5.74) is -1.91. The van der Waals surface area contributed by atoms with E-state index in [0.717, 1.165) is 0 Å². The van der Waals surface area contributed by atoms with Gasteiger partial charge in [0.2, 0.25) is 0 Å². The second-order valence-corrected chi connectivity index (χ2v) is 26.0. The summed E-state index contributed by atoms with van der Waals surface area (Å²) in [7, 11) is 0. The molecule has 0 N–H and O–H groups in total. The zero-order valence-corrected chi connectivity index (χ0v) is 46.4. The van der Waals surface area contributed by atoms with E-state index in [-0.39, 0.29) is 45.4 Å². The Kier molecular flexibility index (Phi) is 19.1. The van der Waals surface area contributed by atoms with E-state index in [1.165, 1.54) is 0 Å². The number of benzene rings is 3. The van der Waals surface area contributed by atoms with Gasteiger partial charge >= 0.3 is 0 Å². The molecule has 9 nitrogen and oxygen atoms in total. The van der Waals surface area contributed by atoms with Crippen molar-refractivity contribution in [1.29, 1.82) is 0 Å². The maximum Gasteiger partial charge on any atom is 0.175 e. The highest BCUT2D eigenvalue weighted by molar-refractivity contribution is 6.05. The predicted octanol–water partition coefficient (Wildman–Crippen LogP) is 15.8. The van der Waals surface area contributed by atoms with E-state index in [9.17, 15) is 14.4 Å². The van der Waals surface area contributed by atoms with Gasteiger partial charge in [0.15, 0.2) is 28.8 Å². The van der Waals surface area contributed by atoms with Gasteiger partial charge in [-0.05, 0) is 161 Å².